The maximum Gasteiger partial charge on any atom is 0.471 e. The summed E-state index contributed by atoms with van der Waals surface area (Å²) in [4.78, 5) is 39.4. The number of likely N-dealkylation sites (tertiary alicyclic amines) is 1. The number of non-ortho nitro benzene ring substituents is 1. The van der Waals surface area contributed by atoms with Crippen molar-refractivity contribution in [3.8, 4) is 0 Å². The molecule has 1 aromatic carbocycles. The minimum Gasteiger partial charge on any atom is -0.339 e. The summed E-state index contributed by atoms with van der Waals surface area (Å²) in [5.41, 5.74) is 1.42. The predicted octanol–water partition coefficient (Wildman–Crippen LogP) is 4.32. The fraction of sp³-hybridized carbons (Fsp3) is 0.538. The van der Waals surface area contributed by atoms with Crippen LogP contribution in [0.3, 0.4) is 0 Å². The summed E-state index contributed by atoms with van der Waals surface area (Å²) in [7, 11) is 0. The lowest BCUT2D eigenvalue weighted by atomic mass is 9.94. The molecule has 202 valence electrons. The fourth-order valence-electron chi connectivity index (χ4n) is 4.80. The Morgan fingerprint density at radius 3 is 2.35 bits per heavy atom. The molecule has 2 aliphatic rings. The molecule has 0 saturated carbocycles. The second-order valence-corrected chi connectivity index (χ2v) is 9.64. The van der Waals surface area contributed by atoms with Gasteiger partial charge in [-0.2, -0.15) is 13.2 Å². The summed E-state index contributed by atoms with van der Waals surface area (Å²) in [6.45, 7) is 6.95. The summed E-state index contributed by atoms with van der Waals surface area (Å²) < 4.78 is 37.8. The van der Waals surface area contributed by atoms with Crippen LogP contribution in [0.1, 0.15) is 38.7 Å². The van der Waals surface area contributed by atoms with Crippen LogP contribution in [0, 0.1) is 16.0 Å². The van der Waals surface area contributed by atoms with Crippen molar-refractivity contribution in [3.63, 3.8) is 0 Å². The molecular formula is C26H33F3N4O4. The van der Waals surface area contributed by atoms with Crippen LogP contribution in [-0.4, -0.2) is 76.4 Å². The molecule has 2 heterocycles. The Labute approximate surface area is 214 Å². The van der Waals surface area contributed by atoms with E-state index in [0.29, 0.717) is 29.5 Å². The van der Waals surface area contributed by atoms with Gasteiger partial charge in [-0.25, -0.2) is 0 Å². The molecule has 37 heavy (non-hydrogen) atoms. The Morgan fingerprint density at radius 2 is 1.84 bits per heavy atom. The van der Waals surface area contributed by atoms with Gasteiger partial charge in [-0.3, -0.25) is 19.7 Å². The van der Waals surface area contributed by atoms with Gasteiger partial charge in [0.05, 0.1) is 4.92 Å². The molecule has 1 aromatic rings. The average Bonchev–Trinajstić information content (AvgIpc) is 2.88. The van der Waals surface area contributed by atoms with Crippen molar-refractivity contribution in [2.24, 2.45) is 5.92 Å². The van der Waals surface area contributed by atoms with Crippen molar-refractivity contribution in [1.82, 2.24) is 14.7 Å². The van der Waals surface area contributed by atoms with Crippen LogP contribution in [-0.2, 0) is 16.0 Å². The van der Waals surface area contributed by atoms with Crippen LogP contribution in [0.5, 0.6) is 0 Å². The van der Waals surface area contributed by atoms with Gasteiger partial charge in [0.15, 0.2) is 0 Å². The van der Waals surface area contributed by atoms with Gasteiger partial charge in [0.2, 0.25) is 0 Å². The topological polar surface area (TPSA) is 87.0 Å². The van der Waals surface area contributed by atoms with Crippen LogP contribution < -0.4 is 0 Å². The Balaban J connectivity index is 1.50. The van der Waals surface area contributed by atoms with Crippen molar-refractivity contribution in [1.29, 1.82) is 0 Å². The zero-order valence-corrected chi connectivity index (χ0v) is 21.1. The third-order valence-corrected chi connectivity index (χ3v) is 6.90. The normalized spacial score (nSPS) is 17.6. The van der Waals surface area contributed by atoms with Gasteiger partial charge < -0.3 is 14.7 Å². The summed E-state index contributed by atoms with van der Waals surface area (Å²) in [6, 6.07) is 6.91. The van der Waals surface area contributed by atoms with Gasteiger partial charge >= 0.3 is 12.1 Å². The first-order valence-corrected chi connectivity index (χ1v) is 12.5. The molecule has 1 fully saturated rings. The molecule has 1 atom stereocenters. The molecule has 0 spiro atoms. The first-order valence-electron chi connectivity index (χ1n) is 12.5. The van der Waals surface area contributed by atoms with E-state index in [1.54, 1.807) is 17.0 Å². The van der Waals surface area contributed by atoms with Crippen LogP contribution in [0.4, 0.5) is 18.9 Å². The largest absolute Gasteiger partial charge is 0.471 e. The number of hydrogen-bond donors (Lipinski definition) is 0. The molecule has 0 aromatic heterocycles. The lowest BCUT2D eigenvalue weighted by molar-refractivity contribution is -0.384. The fourth-order valence-corrected chi connectivity index (χ4v) is 4.80. The van der Waals surface area contributed by atoms with Gasteiger partial charge in [-0.1, -0.05) is 25.1 Å². The van der Waals surface area contributed by atoms with Gasteiger partial charge in [-0.15, -0.1) is 0 Å². The van der Waals surface area contributed by atoms with E-state index >= 15 is 0 Å². The first-order chi connectivity index (χ1) is 17.5. The van der Waals surface area contributed by atoms with E-state index in [2.05, 4.69) is 18.7 Å². The molecular weight excluding hydrogens is 489 g/mol. The highest BCUT2D eigenvalue weighted by atomic mass is 19.4. The van der Waals surface area contributed by atoms with Crippen molar-refractivity contribution in [2.75, 3.05) is 32.7 Å². The Morgan fingerprint density at radius 1 is 1.19 bits per heavy atom. The summed E-state index contributed by atoms with van der Waals surface area (Å²) in [5.74, 6) is -1.77. The number of nitrogens with zero attached hydrogens (tertiary/aromatic N) is 4. The maximum atomic E-state index is 12.9. The van der Waals surface area contributed by atoms with Gasteiger partial charge in [0.1, 0.15) is 0 Å². The Kier molecular flexibility index (Phi) is 9.47. The molecule has 3 rings (SSSR count). The number of halogens is 3. The second-order valence-electron chi connectivity index (χ2n) is 9.64. The van der Waals surface area contributed by atoms with E-state index in [0.717, 1.165) is 50.5 Å². The summed E-state index contributed by atoms with van der Waals surface area (Å²) >= 11 is 0. The number of rotatable bonds is 9. The molecule has 1 saturated heterocycles. The second kappa shape index (κ2) is 12.4. The number of nitro benzene ring substituents is 1. The number of hydrogen-bond acceptors (Lipinski definition) is 5. The number of piperidine rings is 1. The van der Waals surface area contributed by atoms with Crippen molar-refractivity contribution in [2.45, 2.75) is 51.7 Å². The highest BCUT2D eigenvalue weighted by Crippen LogP contribution is 2.24. The summed E-state index contributed by atoms with van der Waals surface area (Å²) in [6.07, 6.45) is 2.13. The van der Waals surface area contributed by atoms with Gasteiger partial charge in [0, 0.05) is 56.1 Å². The first kappa shape index (κ1) is 28.4. The molecule has 2 amide bonds. The predicted molar refractivity (Wildman–Crippen MR) is 132 cm³/mol. The third-order valence-electron chi connectivity index (χ3n) is 6.90. The smallest absolute Gasteiger partial charge is 0.339 e. The lowest BCUT2D eigenvalue weighted by Gasteiger charge is -2.37. The standard InChI is InChI=1S/C26H33F3N4O4/c1-3-12-32(19(2)17-20-4-6-23(7-5-20)33(36)37)18-21-8-13-30(14-9-21)24(34)22-10-15-31(16-11-22)25(35)26(27,28)29/h4-7,10-11,15,19,21H,3,8-9,12-14,16-18H2,1-2H3. The van der Waals surface area contributed by atoms with E-state index in [-0.39, 0.29) is 24.2 Å². The van der Waals surface area contributed by atoms with Gasteiger partial charge in [-0.05, 0) is 56.7 Å². The molecule has 0 aliphatic carbocycles. The zero-order chi connectivity index (χ0) is 27.2. The van der Waals surface area contributed by atoms with Crippen LogP contribution >= 0.6 is 0 Å². The number of alkyl halides is 3. The van der Waals surface area contributed by atoms with Crippen LogP contribution in [0.2, 0.25) is 0 Å². The lowest BCUT2D eigenvalue weighted by Crippen LogP contribution is -2.45. The number of amides is 2. The monoisotopic (exact) mass is 522 g/mol. The van der Waals surface area contributed by atoms with E-state index in [1.165, 1.54) is 24.3 Å². The molecule has 1 unspecified atom stereocenters. The number of nitro groups is 1. The molecule has 0 N–H and O–H groups in total. The van der Waals surface area contributed by atoms with Crippen molar-refractivity contribution >= 4 is 17.5 Å². The Bertz CT molecular complexity index is 1030. The molecule has 2 aliphatic heterocycles. The van der Waals surface area contributed by atoms with E-state index in [1.807, 2.05) is 0 Å². The minimum atomic E-state index is -4.95. The quantitative estimate of drug-likeness (QED) is 0.356. The molecule has 0 radical (unpaired) electrons. The number of carbonyl (C=O) groups is 2. The highest BCUT2D eigenvalue weighted by molar-refractivity contribution is 5.97. The van der Waals surface area contributed by atoms with Gasteiger partial charge in [0.25, 0.3) is 11.6 Å². The van der Waals surface area contributed by atoms with E-state index in [9.17, 15) is 32.9 Å². The number of carbonyl (C=O) groups excluding carboxylic acids is 2. The van der Waals surface area contributed by atoms with E-state index < -0.39 is 17.0 Å². The molecule has 0 bridgehead atoms. The summed E-state index contributed by atoms with van der Waals surface area (Å²) in [5, 5.41) is 10.9. The average molecular weight is 523 g/mol. The van der Waals surface area contributed by atoms with Crippen LogP contribution in [0.15, 0.2) is 48.2 Å². The minimum absolute atomic E-state index is 0.0785. The van der Waals surface area contributed by atoms with Crippen LogP contribution in [0.25, 0.3) is 0 Å². The third kappa shape index (κ3) is 7.64. The maximum absolute atomic E-state index is 12.9. The zero-order valence-electron chi connectivity index (χ0n) is 21.1. The SMILES string of the molecule is CCCN(CC1CCN(C(=O)C2=CCN(C(=O)C(F)(F)F)C=C2)CC1)C(C)Cc1ccc([N+](=O)[O-])cc1. The molecule has 11 heteroatoms. The van der Waals surface area contributed by atoms with E-state index in [4.69, 9.17) is 0 Å². The number of benzene rings is 1. The van der Waals surface area contributed by atoms with Crippen molar-refractivity contribution in [3.05, 3.63) is 63.9 Å². The Hall–Kier alpha value is -3.21. The highest BCUT2D eigenvalue weighted by Gasteiger charge is 2.42. The molecule has 8 nitrogen and oxygen atoms in total. The van der Waals surface area contributed by atoms with Crippen molar-refractivity contribution < 1.29 is 27.7 Å².